The van der Waals surface area contributed by atoms with Gasteiger partial charge in [-0.25, -0.2) is 0 Å². The maximum Gasteiger partial charge on any atom is 0.0651 e. The quantitative estimate of drug-likeness (QED) is 0.929. The second-order valence-electron chi connectivity index (χ2n) is 5.81. The topological polar surface area (TPSA) is 37.8 Å². The highest BCUT2D eigenvalue weighted by atomic mass is 15.1. The van der Waals surface area contributed by atoms with Crippen LogP contribution in [-0.2, 0) is 0 Å². The van der Waals surface area contributed by atoms with Crippen LogP contribution >= 0.6 is 0 Å². The molecule has 0 radical (unpaired) electrons. The molecule has 2 rings (SSSR count). The molecule has 1 heterocycles. The van der Waals surface area contributed by atoms with Gasteiger partial charge < -0.3 is 5.32 Å². The summed E-state index contributed by atoms with van der Waals surface area (Å²) in [7, 11) is 0. The molecule has 0 aliphatic carbocycles. The SMILES string of the molecule is CCNC(c1cc(C)c(C)cc1C)c1cc(C)nnc1C. The van der Waals surface area contributed by atoms with Crippen LogP contribution in [0, 0.1) is 34.6 Å². The lowest BCUT2D eigenvalue weighted by atomic mass is 9.91. The molecule has 0 amide bonds. The van der Waals surface area contributed by atoms with Gasteiger partial charge in [-0.2, -0.15) is 10.2 Å². The first kappa shape index (κ1) is 15.6. The number of hydrogen-bond donors (Lipinski definition) is 1. The summed E-state index contributed by atoms with van der Waals surface area (Å²) >= 11 is 0. The van der Waals surface area contributed by atoms with Crippen molar-refractivity contribution in [2.75, 3.05) is 6.54 Å². The van der Waals surface area contributed by atoms with Crippen molar-refractivity contribution >= 4 is 0 Å². The van der Waals surface area contributed by atoms with E-state index in [4.69, 9.17) is 0 Å². The summed E-state index contributed by atoms with van der Waals surface area (Å²) < 4.78 is 0. The molecular formula is C18H25N3. The summed E-state index contributed by atoms with van der Waals surface area (Å²) in [6.45, 7) is 13.6. The Kier molecular flexibility index (Phi) is 4.73. The van der Waals surface area contributed by atoms with Crippen LogP contribution < -0.4 is 5.32 Å². The summed E-state index contributed by atoms with van der Waals surface area (Å²) in [5.74, 6) is 0. The molecule has 2 aromatic rings. The Labute approximate surface area is 127 Å². The first-order valence-electron chi connectivity index (χ1n) is 7.56. The highest BCUT2D eigenvalue weighted by molar-refractivity contribution is 5.43. The van der Waals surface area contributed by atoms with Crippen LogP contribution in [0.5, 0.6) is 0 Å². The van der Waals surface area contributed by atoms with Crippen LogP contribution in [0.15, 0.2) is 18.2 Å². The van der Waals surface area contributed by atoms with Crippen molar-refractivity contribution in [2.45, 2.75) is 47.6 Å². The number of nitrogens with one attached hydrogen (secondary N) is 1. The maximum atomic E-state index is 4.29. The Morgan fingerprint density at radius 1 is 0.857 bits per heavy atom. The zero-order valence-electron chi connectivity index (χ0n) is 13.9. The molecule has 3 nitrogen and oxygen atoms in total. The third kappa shape index (κ3) is 3.30. The van der Waals surface area contributed by atoms with Crippen molar-refractivity contribution in [1.29, 1.82) is 0 Å². The zero-order chi connectivity index (χ0) is 15.6. The molecular weight excluding hydrogens is 258 g/mol. The molecule has 1 unspecified atom stereocenters. The summed E-state index contributed by atoms with van der Waals surface area (Å²) in [4.78, 5) is 0. The van der Waals surface area contributed by atoms with Crippen LogP contribution in [0.1, 0.15) is 52.2 Å². The molecule has 0 saturated heterocycles. The lowest BCUT2D eigenvalue weighted by molar-refractivity contribution is 0.617. The van der Waals surface area contributed by atoms with E-state index in [9.17, 15) is 0 Å². The van der Waals surface area contributed by atoms with Gasteiger partial charge >= 0.3 is 0 Å². The molecule has 0 bridgehead atoms. The number of aromatic nitrogens is 2. The highest BCUT2D eigenvalue weighted by Crippen LogP contribution is 2.28. The van der Waals surface area contributed by atoms with Gasteiger partial charge in [-0.15, -0.1) is 0 Å². The Hall–Kier alpha value is -1.74. The van der Waals surface area contributed by atoms with Gasteiger partial charge in [-0.05, 0) is 75.0 Å². The standard InChI is InChI=1S/C18H25N3/c1-7-19-18(17-10-14(5)20-21-15(17)6)16-9-12(3)11(2)8-13(16)4/h8-10,18-19H,7H2,1-6H3. The number of nitrogens with zero attached hydrogens (tertiary/aromatic N) is 2. The molecule has 0 aliphatic heterocycles. The van der Waals surface area contributed by atoms with Crippen molar-refractivity contribution in [3.05, 3.63) is 57.4 Å². The molecule has 0 saturated carbocycles. The fourth-order valence-electron chi connectivity index (χ4n) is 2.75. The van der Waals surface area contributed by atoms with Crippen LogP contribution in [0.4, 0.5) is 0 Å². The van der Waals surface area contributed by atoms with Crippen molar-refractivity contribution < 1.29 is 0 Å². The first-order chi connectivity index (χ1) is 9.93. The van der Waals surface area contributed by atoms with Crippen molar-refractivity contribution in [1.82, 2.24) is 15.5 Å². The Bertz CT molecular complexity index is 647. The van der Waals surface area contributed by atoms with E-state index in [-0.39, 0.29) is 6.04 Å². The van der Waals surface area contributed by atoms with Gasteiger partial charge in [0.15, 0.2) is 0 Å². The minimum atomic E-state index is 0.170. The van der Waals surface area contributed by atoms with E-state index in [1.807, 2.05) is 13.8 Å². The van der Waals surface area contributed by atoms with E-state index < -0.39 is 0 Å². The van der Waals surface area contributed by atoms with Crippen LogP contribution in [0.25, 0.3) is 0 Å². The maximum absolute atomic E-state index is 4.29. The molecule has 3 heteroatoms. The lowest BCUT2D eigenvalue weighted by Crippen LogP contribution is -2.24. The lowest BCUT2D eigenvalue weighted by Gasteiger charge is -2.23. The second kappa shape index (κ2) is 6.35. The van der Waals surface area contributed by atoms with Crippen LogP contribution in [-0.4, -0.2) is 16.7 Å². The molecule has 1 N–H and O–H groups in total. The smallest absolute Gasteiger partial charge is 0.0651 e. The van der Waals surface area contributed by atoms with Crippen LogP contribution in [0.3, 0.4) is 0 Å². The number of aryl methyl sites for hydroxylation is 5. The molecule has 1 aromatic heterocycles. The van der Waals surface area contributed by atoms with Gasteiger partial charge in [0.1, 0.15) is 0 Å². The fraction of sp³-hybridized carbons (Fsp3) is 0.444. The molecule has 21 heavy (non-hydrogen) atoms. The van der Waals surface area contributed by atoms with E-state index >= 15 is 0 Å². The van der Waals surface area contributed by atoms with Gasteiger partial charge in [-0.1, -0.05) is 19.1 Å². The van der Waals surface area contributed by atoms with E-state index in [0.717, 1.165) is 17.9 Å². The van der Waals surface area contributed by atoms with Gasteiger partial charge in [0, 0.05) is 0 Å². The van der Waals surface area contributed by atoms with Crippen LogP contribution in [0.2, 0.25) is 0 Å². The fourth-order valence-corrected chi connectivity index (χ4v) is 2.75. The van der Waals surface area contributed by atoms with Crippen molar-refractivity contribution in [2.24, 2.45) is 0 Å². The highest BCUT2D eigenvalue weighted by Gasteiger charge is 2.19. The summed E-state index contributed by atoms with van der Waals surface area (Å²) in [6.07, 6.45) is 0. The van der Waals surface area contributed by atoms with E-state index in [0.29, 0.717) is 0 Å². The Balaban J connectivity index is 2.58. The average Bonchev–Trinajstić information content (AvgIpc) is 2.43. The van der Waals surface area contributed by atoms with Gasteiger partial charge in [0.25, 0.3) is 0 Å². The van der Waals surface area contributed by atoms with E-state index in [2.05, 4.69) is 61.4 Å². The summed E-state index contributed by atoms with van der Waals surface area (Å²) in [5.41, 5.74) is 8.48. The second-order valence-corrected chi connectivity index (χ2v) is 5.81. The zero-order valence-corrected chi connectivity index (χ0v) is 13.9. The third-order valence-electron chi connectivity index (χ3n) is 4.05. The summed E-state index contributed by atoms with van der Waals surface area (Å²) in [5, 5.41) is 12.0. The minimum Gasteiger partial charge on any atom is -0.306 e. The molecule has 0 aliphatic rings. The molecule has 0 spiro atoms. The molecule has 112 valence electrons. The molecule has 1 atom stereocenters. The van der Waals surface area contributed by atoms with E-state index in [1.165, 1.54) is 27.8 Å². The Morgan fingerprint density at radius 2 is 1.52 bits per heavy atom. The number of hydrogen-bond acceptors (Lipinski definition) is 3. The summed E-state index contributed by atoms with van der Waals surface area (Å²) in [6, 6.07) is 6.88. The first-order valence-corrected chi connectivity index (χ1v) is 7.56. The Morgan fingerprint density at radius 3 is 2.19 bits per heavy atom. The minimum absolute atomic E-state index is 0.170. The van der Waals surface area contributed by atoms with Gasteiger partial charge in [0.05, 0.1) is 17.4 Å². The van der Waals surface area contributed by atoms with Crippen molar-refractivity contribution in [3.63, 3.8) is 0 Å². The monoisotopic (exact) mass is 283 g/mol. The number of benzene rings is 1. The third-order valence-corrected chi connectivity index (χ3v) is 4.05. The largest absolute Gasteiger partial charge is 0.306 e. The van der Waals surface area contributed by atoms with Crippen molar-refractivity contribution in [3.8, 4) is 0 Å². The molecule has 0 fully saturated rings. The van der Waals surface area contributed by atoms with Gasteiger partial charge in [0.2, 0.25) is 0 Å². The number of rotatable bonds is 4. The normalized spacial score (nSPS) is 12.5. The molecule has 1 aromatic carbocycles. The average molecular weight is 283 g/mol. The van der Waals surface area contributed by atoms with E-state index in [1.54, 1.807) is 0 Å². The van der Waals surface area contributed by atoms with Gasteiger partial charge in [-0.3, -0.25) is 0 Å². The predicted octanol–water partition coefficient (Wildman–Crippen LogP) is 3.72. The predicted molar refractivity (Wildman–Crippen MR) is 87.7 cm³/mol.